The summed E-state index contributed by atoms with van der Waals surface area (Å²) in [4.78, 5) is 0.274. The van der Waals surface area contributed by atoms with E-state index in [1.54, 1.807) is 0 Å². The molecule has 72 valence electrons. The molecule has 0 aromatic carbocycles. The van der Waals surface area contributed by atoms with Crippen LogP contribution >= 0.6 is 12.2 Å². The van der Waals surface area contributed by atoms with E-state index in [9.17, 15) is 0 Å². The summed E-state index contributed by atoms with van der Waals surface area (Å²) in [5.74, 6) is 1.09. The summed E-state index contributed by atoms with van der Waals surface area (Å²) in [7, 11) is 0. The Morgan fingerprint density at radius 1 is 1.36 bits per heavy atom. The van der Waals surface area contributed by atoms with E-state index < -0.39 is 0 Å². The SMILES string of the molecule is S=c1[nH]nc(-c2cc(C3CC3)[nH]n2)o1. The molecule has 0 unspecified atom stereocenters. The highest BCUT2D eigenvalue weighted by molar-refractivity contribution is 7.71. The molecule has 2 N–H and O–H groups in total. The van der Waals surface area contributed by atoms with Gasteiger partial charge in [-0.1, -0.05) is 0 Å². The third-order valence-electron chi connectivity index (χ3n) is 2.27. The fraction of sp³-hybridized carbons (Fsp3) is 0.375. The number of nitrogens with zero attached hydrogens (tertiary/aromatic N) is 2. The van der Waals surface area contributed by atoms with E-state index in [0.717, 1.165) is 5.69 Å². The minimum atomic E-state index is 0.274. The van der Waals surface area contributed by atoms with Gasteiger partial charge in [0.2, 0.25) is 0 Å². The molecule has 1 aliphatic rings. The summed E-state index contributed by atoms with van der Waals surface area (Å²) in [5, 5.41) is 13.6. The zero-order chi connectivity index (χ0) is 9.54. The summed E-state index contributed by atoms with van der Waals surface area (Å²) < 4.78 is 5.15. The van der Waals surface area contributed by atoms with Crippen molar-refractivity contribution in [2.24, 2.45) is 0 Å². The first-order valence-electron chi connectivity index (χ1n) is 4.44. The molecule has 0 radical (unpaired) electrons. The average molecular weight is 208 g/mol. The molecular weight excluding hydrogens is 200 g/mol. The van der Waals surface area contributed by atoms with Gasteiger partial charge in [-0.05, 0) is 31.1 Å². The summed E-state index contributed by atoms with van der Waals surface area (Å²) in [5.41, 5.74) is 1.86. The van der Waals surface area contributed by atoms with Crippen LogP contribution in [0.2, 0.25) is 0 Å². The number of rotatable bonds is 2. The van der Waals surface area contributed by atoms with E-state index in [2.05, 4.69) is 20.4 Å². The highest BCUT2D eigenvalue weighted by Crippen LogP contribution is 2.39. The highest BCUT2D eigenvalue weighted by Gasteiger charge is 2.26. The van der Waals surface area contributed by atoms with Crippen molar-refractivity contribution in [2.75, 3.05) is 0 Å². The van der Waals surface area contributed by atoms with E-state index >= 15 is 0 Å². The standard InChI is InChI=1S/C8H8N4OS/c14-8-12-11-7(13-8)6-3-5(9-10-6)4-1-2-4/h3-4H,1-2H2,(H,9,10)(H,12,14). The molecule has 0 bridgehead atoms. The van der Waals surface area contributed by atoms with Crippen LogP contribution < -0.4 is 0 Å². The van der Waals surface area contributed by atoms with Gasteiger partial charge in [0.1, 0.15) is 5.69 Å². The first-order valence-corrected chi connectivity index (χ1v) is 4.85. The lowest BCUT2D eigenvalue weighted by Gasteiger charge is -1.84. The number of hydrogen-bond donors (Lipinski definition) is 2. The van der Waals surface area contributed by atoms with Crippen LogP contribution in [0.5, 0.6) is 0 Å². The van der Waals surface area contributed by atoms with Gasteiger partial charge in [-0.15, -0.1) is 5.10 Å². The largest absolute Gasteiger partial charge is 0.408 e. The molecule has 2 aromatic heterocycles. The molecule has 14 heavy (non-hydrogen) atoms. The fourth-order valence-electron chi connectivity index (χ4n) is 1.39. The Labute approximate surface area is 84.5 Å². The maximum absolute atomic E-state index is 5.15. The van der Waals surface area contributed by atoms with E-state index in [4.69, 9.17) is 16.6 Å². The van der Waals surface area contributed by atoms with Crippen molar-refractivity contribution in [3.63, 3.8) is 0 Å². The van der Waals surface area contributed by atoms with Gasteiger partial charge >= 0.3 is 0 Å². The zero-order valence-electron chi connectivity index (χ0n) is 7.28. The van der Waals surface area contributed by atoms with Crippen LogP contribution in [0.15, 0.2) is 10.5 Å². The van der Waals surface area contributed by atoms with Crippen LogP contribution in [0, 0.1) is 4.84 Å². The predicted molar refractivity (Wildman–Crippen MR) is 51.2 cm³/mol. The Morgan fingerprint density at radius 3 is 2.86 bits per heavy atom. The topological polar surface area (TPSA) is 70.5 Å². The number of nitrogens with one attached hydrogen (secondary N) is 2. The van der Waals surface area contributed by atoms with Gasteiger partial charge in [-0.2, -0.15) is 5.10 Å². The smallest absolute Gasteiger partial charge is 0.284 e. The Morgan fingerprint density at radius 2 is 2.21 bits per heavy atom. The van der Waals surface area contributed by atoms with Crippen LogP contribution in [-0.4, -0.2) is 20.4 Å². The first-order chi connectivity index (χ1) is 6.83. The number of hydrogen-bond acceptors (Lipinski definition) is 4. The minimum Gasteiger partial charge on any atom is -0.408 e. The molecule has 2 aromatic rings. The molecule has 1 saturated carbocycles. The number of aromatic nitrogens is 4. The molecule has 0 amide bonds. The number of H-pyrrole nitrogens is 2. The number of aromatic amines is 2. The van der Waals surface area contributed by atoms with Gasteiger partial charge in [-0.25, -0.2) is 5.10 Å². The molecule has 6 heteroatoms. The molecule has 1 fully saturated rings. The molecule has 0 aliphatic heterocycles. The van der Waals surface area contributed by atoms with Crippen molar-refractivity contribution in [1.82, 2.24) is 20.4 Å². The van der Waals surface area contributed by atoms with Crippen LogP contribution in [0.4, 0.5) is 0 Å². The van der Waals surface area contributed by atoms with Crippen molar-refractivity contribution >= 4 is 12.2 Å². The van der Waals surface area contributed by atoms with Crippen LogP contribution in [-0.2, 0) is 0 Å². The van der Waals surface area contributed by atoms with Crippen molar-refractivity contribution in [3.05, 3.63) is 16.6 Å². The van der Waals surface area contributed by atoms with Gasteiger partial charge in [0, 0.05) is 11.6 Å². The monoisotopic (exact) mass is 208 g/mol. The van der Waals surface area contributed by atoms with Crippen LogP contribution in [0.3, 0.4) is 0 Å². The lowest BCUT2D eigenvalue weighted by molar-refractivity contribution is 0.549. The Bertz CT molecular complexity index is 507. The Balaban J connectivity index is 1.99. The molecular formula is C8H8N4OS. The highest BCUT2D eigenvalue weighted by atomic mass is 32.1. The minimum absolute atomic E-state index is 0.274. The van der Waals surface area contributed by atoms with Crippen molar-refractivity contribution in [3.8, 4) is 11.6 Å². The average Bonchev–Trinajstić information content (AvgIpc) is 2.76. The quantitative estimate of drug-likeness (QED) is 0.740. The molecule has 5 nitrogen and oxygen atoms in total. The summed E-state index contributed by atoms with van der Waals surface area (Å²) in [6.45, 7) is 0. The van der Waals surface area contributed by atoms with E-state index in [1.807, 2.05) is 6.07 Å². The maximum atomic E-state index is 5.15. The molecule has 0 spiro atoms. The molecule has 0 saturated heterocycles. The second-order valence-corrected chi connectivity index (χ2v) is 3.77. The Hall–Kier alpha value is -1.43. The summed E-state index contributed by atoms with van der Waals surface area (Å²) >= 11 is 4.78. The molecule has 1 aliphatic carbocycles. The van der Waals surface area contributed by atoms with Crippen molar-refractivity contribution in [2.45, 2.75) is 18.8 Å². The molecule has 3 rings (SSSR count). The van der Waals surface area contributed by atoms with E-state index in [-0.39, 0.29) is 4.84 Å². The summed E-state index contributed by atoms with van der Waals surface area (Å²) in [6, 6.07) is 1.96. The van der Waals surface area contributed by atoms with Gasteiger partial charge in [0.25, 0.3) is 10.7 Å². The van der Waals surface area contributed by atoms with E-state index in [0.29, 0.717) is 17.5 Å². The van der Waals surface area contributed by atoms with Crippen LogP contribution in [0.1, 0.15) is 24.5 Å². The predicted octanol–water partition coefficient (Wildman–Crippen LogP) is 2.00. The zero-order valence-corrected chi connectivity index (χ0v) is 8.10. The normalized spacial score (nSPS) is 16.0. The van der Waals surface area contributed by atoms with Gasteiger partial charge in [0.15, 0.2) is 0 Å². The van der Waals surface area contributed by atoms with E-state index in [1.165, 1.54) is 12.8 Å². The van der Waals surface area contributed by atoms with Crippen molar-refractivity contribution in [1.29, 1.82) is 0 Å². The first kappa shape index (κ1) is 7.93. The van der Waals surface area contributed by atoms with Gasteiger partial charge < -0.3 is 4.42 Å². The third kappa shape index (κ3) is 1.27. The van der Waals surface area contributed by atoms with Crippen molar-refractivity contribution < 1.29 is 4.42 Å². The van der Waals surface area contributed by atoms with Gasteiger partial charge in [-0.3, -0.25) is 5.10 Å². The second-order valence-electron chi connectivity index (χ2n) is 3.40. The second kappa shape index (κ2) is 2.78. The lowest BCUT2D eigenvalue weighted by Crippen LogP contribution is -1.77. The maximum Gasteiger partial charge on any atom is 0.284 e. The fourth-order valence-corrected chi connectivity index (χ4v) is 1.51. The molecule has 0 atom stereocenters. The molecule has 2 heterocycles. The van der Waals surface area contributed by atoms with Gasteiger partial charge in [0.05, 0.1) is 0 Å². The summed E-state index contributed by atoms with van der Waals surface area (Å²) in [6.07, 6.45) is 2.48. The third-order valence-corrected chi connectivity index (χ3v) is 2.45. The lowest BCUT2D eigenvalue weighted by atomic mass is 10.3. The van der Waals surface area contributed by atoms with Crippen LogP contribution in [0.25, 0.3) is 11.6 Å². The Kier molecular flexibility index (Phi) is 1.57.